The molecule has 0 saturated heterocycles. The molecule has 130 valence electrons. The lowest BCUT2D eigenvalue weighted by atomic mass is 10.1. The van der Waals surface area contributed by atoms with Crippen molar-refractivity contribution in [2.75, 3.05) is 16.9 Å². The standard InChI is InChI=1S/C15H12F3N5OS/c16-15(17,18)13-21-22-14(23(13)19)25-8-12(24)20-11-7-3-5-9-4-1-2-6-10(9)11/h1-7H,8,19H2,(H,20,24). The number of carbonyl (C=O) groups excluding carboxylic acids is 1. The summed E-state index contributed by atoms with van der Waals surface area (Å²) in [6, 6.07) is 13.0. The van der Waals surface area contributed by atoms with Crippen LogP contribution in [0.15, 0.2) is 47.6 Å². The third-order valence-electron chi connectivity index (χ3n) is 3.31. The molecule has 3 rings (SSSR count). The molecule has 0 atom stereocenters. The number of carbonyl (C=O) groups is 1. The molecule has 0 bridgehead atoms. The fraction of sp³-hybridized carbons (Fsp3) is 0.133. The third-order valence-corrected chi connectivity index (χ3v) is 4.26. The van der Waals surface area contributed by atoms with Crippen LogP contribution in [0.3, 0.4) is 0 Å². The molecule has 0 fully saturated rings. The Morgan fingerprint density at radius 2 is 1.88 bits per heavy atom. The summed E-state index contributed by atoms with van der Waals surface area (Å²) in [7, 11) is 0. The van der Waals surface area contributed by atoms with E-state index in [-0.39, 0.29) is 10.9 Å². The highest BCUT2D eigenvalue weighted by Crippen LogP contribution is 2.29. The Labute approximate surface area is 144 Å². The summed E-state index contributed by atoms with van der Waals surface area (Å²) in [4.78, 5) is 12.1. The van der Waals surface area contributed by atoms with Crippen molar-refractivity contribution < 1.29 is 18.0 Å². The number of benzene rings is 2. The van der Waals surface area contributed by atoms with Gasteiger partial charge in [0.05, 0.1) is 5.75 Å². The van der Waals surface area contributed by atoms with Crippen LogP contribution in [0.1, 0.15) is 5.82 Å². The van der Waals surface area contributed by atoms with Crippen LogP contribution in [0, 0.1) is 0 Å². The number of thioether (sulfide) groups is 1. The smallest absolute Gasteiger partial charge is 0.335 e. The largest absolute Gasteiger partial charge is 0.453 e. The summed E-state index contributed by atoms with van der Waals surface area (Å²) < 4.78 is 38.1. The zero-order valence-corrected chi connectivity index (χ0v) is 13.4. The summed E-state index contributed by atoms with van der Waals surface area (Å²) in [6.45, 7) is 0. The van der Waals surface area contributed by atoms with Crippen molar-refractivity contribution in [1.82, 2.24) is 14.9 Å². The zero-order valence-electron chi connectivity index (χ0n) is 12.6. The van der Waals surface area contributed by atoms with Crippen LogP contribution in [0.5, 0.6) is 0 Å². The van der Waals surface area contributed by atoms with E-state index < -0.39 is 17.9 Å². The first kappa shape index (κ1) is 17.1. The highest BCUT2D eigenvalue weighted by Gasteiger charge is 2.38. The Hall–Kier alpha value is -2.75. The van der Waals surface area contributed by atoms with E-state index in [1.165, 1.54) is 0 Å². The Bertz CT molecular complexity index is 920. The molecule has 6 nitrogen and oxygen atoms in total. The van der Waals surface area contributed by atoms with Crippen LogP contribution in [-0.2, 0) is 11.0 Å². The van der Waals surface area contributed by atoms with Gasteiger partial charge in [-0.05, 0) is 11.5 Å². The Kier molecular flexibility index (Phi) is 4.53. The van der Waals surface area contributed by atoms with Gasteiger partial charge in [-0.25, -0.2) is 4.68 Å². The van der Waals surface area contributed by atoms with Gasteiger partial charge in [0.1, 0.15) is 0 Å². The van der Waals surface area contributed by atoms with Crippen molar-refractivity contribution in [3.05, 3.63) is 48.3 Å². The first-order valence-corrected chi connectivity index (χ1v) is 8.03. The van der Waals surface area contributed by atoms with Gasteiger partial charge in [0.15, 0.2) is 0 Å². The molecule has 2 aromatic carbocycles. The van der Waals surface area contributed by atoms with Gasteiger partial charge in [-0.15, -0.1) is 10.2 Å². The van der Waals surface area contributed by atoms with Crippen molar-refractivity contribution in [3.63, 3.8) is 0 Å². The van der Waals surface area contributed by atoms with Gasteiger partial charge in [0.25, 0.3) is 5.82 Å². The maximum atomic E-state index is 12.6. The van der Waals surface area contributed by atoms with E-state index >= 15 is 0 Å². The van der Waals surface area contributed by atoms with Crippen molar-refractivity contribution >= 4 is 34.1 Å². The van der Waals surface area contributed by atoms with E-state index in [9.17, 15) is 18.0 Å². The average molecular weight is 367 g/mol. The van der Waals surface area contributed by atoms with E-state index in [0.717, 1.165) is 22.5 Å². The number of aromatic nitrogens is 3. The molecular weight excluding hydrogens is 355 g/mol. The maximum Gasteiger partial charge on any atom is 0.453 e. The summed E-state index contributed by atoms with van der Waals surface area (Å²) in [5, 5.41) is 10.7. The second kappa shape index (κ2) is 6.63. The van der Waals surface area contributed by atoms with Crippen molar-refractivity contribution in [2.45, 2.75) is 11.3 Å². The van der Waals surface area contributed by atoms with E-state index in [1.54, 1.807) is 12.1 Å². The minimum absolute atomic E-state index is 0.156. The number of hydrogen-bond donors (Lipinski definition) is 2. The molecule has 1 amide bonds. The fourth-order valence-corrected chi connectivity index (χ4v) is 2.88. The first-order valence-electron chi connectivity index (χ1n) is 7.04. The van der Waals surface area contributed by atoms with Crippen molar-refractivity contribution in [3.8, 4) is 0 Å². The quantitative estimate of drug-likeness (QED) is 0.547. The number of amides is 1. The lowest BCUT2D eigenvalue weighted by Crippen LogP contribution is -2.22. The molecule has 0 aliphatic carbocycles. The number of nitrogen functional groups attached to an aromatic ring is 1. The van der Waals surface area contributed by atoms with Gasteiger partial charge in [0, 0.05) is 11.1 Å². The molecular formula is C15H12F3N5OS. The number of alkyl halides is 3. The van der Waals surface area contributed by atoms with E-state index in [0.29, 0.717) is 10.4 Å². The highest BCUT2D eigenvalue weighted by molar-refractivity contribution is 7.99. The zero-order chi connectivity index (χ0) is 18.0. The second-order valence-electron chi connectivity index (χ2n) is 5.04. The third kappa shape index (κ3) is 3.68. The maximum absolute atomic E-state index is 12.6. The van der Waals surface area contributed by atoms with Gasteiger partial charge < -0.3 is 11.2 Å². The van der Waals surface area contributed by atoms with Crippen LogP contribution in [0.4, 0.5) is 18.9 Å². The van der Waals surface area contributed by atoms with Gasteiger partial charge in [-0.1, -0.05) is 48.2 Å². The van der Waals surface area contributed by atoms with Gasteiger partial charge >= 0.3 is 6.18 Å². The number of nitrogens with one attached hydrogen (secondary N) is 1. The molecule has 25 heavy (non-hydrogen) atoms. The fourth-order valence-electron chi connectivity index (χ4n) is 2.22. The molecule has 10 heteroatoms. The molecule has 3 aromatic rings. The van der Waals surface area contributed by atoms with Crippen LogP contribution in [-0.4, -0.2) is 26.5 Å². The van der Waals surface area contributed by atoms with Gasteiger partial charge in [-0.2, -0.15) is 13.2 Å². The first-order chi connectivity index (χ1) is 11.9. The molecule has 3 N–H and O–H groups in total. The average Bonchev–Trinajstić information content (AvgIpc) is 2.94. The number of nitrogens with zero attached hydrogens (tertiary/aromatic N) is 3. The Morgan fingerprint density at radius 1 is 1.16 bits per heavy atom. The predicted octanol–water partition coefficient (Wildman–Crippen LogP) is 2.89. The number of hydrogen-bond acceptors (Lipinski definition) is 5. The van der Waals surface area contributed by atoms with Crippen LogP contribution in [0.25, 0.3) is 10.8 Å². The van der Waals surface area contributed by atoms with Crippen LogP contribution in [0.2, 0.25) is 0 Å². The number of halogens is 3. The highest BCUT2D eigenvalue weighted by atomic mass is 32.2. The summed E-state index contributed by atoms with van der Waals surface area (Å²) in [5.74, 6) is 3.46. The Balaban J connectivity index is 1.68. The minimum Gasteiger partial charge on any atom is -0.335 e. The van der Waals surface area contributed by atoms with E-state index in [1.807, 2.05) is 30.3 Å². The molecule has 0 aliphatic heterocycles. The SMILES string of the molecule is Nn1c(SCC(=O)Nc2cccc3ccccc23)nnc1C(F)(F)F. The number of anilines is 1. The molecule has 0 aliphatic rings. The monoisotopic (exact) mass is 367 g/mol. The van der Waals surface area contributed by atoms with E-state index in [4.69, 9.17) is 5.84 Å². The summed E-state index contributed by atoms with van der Waals surface area (Å²) in [6.07, 6.45) is -4.70. The molecule has 1 heterocycles. The summed E-state index contributed by atoms with van der Waals surface area (Å²) >= 11 is 0.769. The van der Waals surface area contributed by atoms with E-state index in [2.05, 4.69) is 15.5 Å². The molecule has 0 saturated carbocycles. The number of rotatable bonds is 4. The second-order valence-corrected chi connectivity index (χ2v) is 5.98. The van der Waals surface area contributed by atoms with Crippen molar-refractivity contribution in [2.24, 2.45) is 0 Å². The van der Waals surface area contributed by atoms with Crippen molar-refractivity contribution in [1.29, 1.82) is 0 Å². The predicted molar refractivity (Wildman–Crippen MR) is 88.5 cm³/mol. The Morgan fingerprint density at radius 3 is 2.60 bits per heavy atom. The normalized spacial score (nSPS) is 11.6. The molecule has 0 radical (unpaired) electrons. The number of fused-ring (bicyclic) bond motifs is 1. The minimum atomic E-state index is -4.70. The topological polar surface area (TPSA) is 85.8 Å². The molecule has 0 unspecified atom stereocenters. The van der Waals surface area contributed by atoms with Crippen LogP contribution < -0.4 is 11.2 Å². The molecule has 1 aromatic heterocycles. The lowest BCUT2D eigenvalue weighted by Gasteiger charge is -2.09. The lowest BCUT2D eigenvalue weighted by molar-refractivity contribution is -0.146. The molecule has 0 spiro atoms. The van der Waals surface area contributed by atoms with Gasteiger partial charge in [0.2, 0.25) is 11.1 Å². The van der Waals surface area contributed by atoms with Crippen LogP contribution >= 0.6 is 11.8 Å². The summed E-state index contributed by atoms with van der Waals surface area (Å²) in [5.41, 5.74) is 0.619. The van der Waals surface area contributed by atoms with Gasteiger partial charge in [-0.3, -0.25) is 4.79 Å². The number of nitrogens with two attached hydrogens (primary N) is 1.